The molecule has 3 rings (SSSR count). The van der Waals surface area contributed by atoms with E-state index in [2.05, 4.69) is 17.6 Å². The zero-order chi connectivity index (χ0) is 17.8. The van der Waals surface area contributed by atoms with E-state index in [9.17, 15) is 9.18 Å². The Kier molecular flexibility index (Phi) is 5.56. The molecule has 1 amide bonds. The van der Waals surface area contributed by atoms with Crippen LogP contribution < -0.4 is 15.4 Å². The SMILES string of the molecule is C[C@@H]1CNCCC1Oc1cccc(NC(=O)c2ccc(F)cc2Cl)c1. The zero-order valence-corrected chi connectivity index (χ0v) is 14.6. The van der Waals surface area contributed by atoms with Crippen LogP contribution in [-0.4, -0.2) is 25.1 Å². The molecule has 0 spiro atoms. The number of amides is 1. The minimum atomic E-state index is -0.479. The van der Waals surface area contributed by atoms with Crippen LogP contribution in [0.3, 0.4) is 0 Å². The lowest BCUT2D eigenvalue weighted by Crippen LogP contribution is -2.41. The molecule has 0 radical (unpaired) electrons. The van der Waals surface area contributed by atoms with Gasteiger partial charge in [0, 0.05) is 24.2 Å². The molecule has 1 heterocycles. The van der Waals surface area contributed by atoms with Gasteiger partial charge < -0.3 is 15.4 Å². The molecule has 1 saturated heterocycles. The maximum absolute atomic E-state index is 13.1. The first-order valence-electron chi connectivity index (χ1n) is 8.27. The van der Waals surface area contributed by atoms with Crippen molar-refractivity contribution in [1.29, 1.82) is 0 Å². The molecule has 2 N–H and O–H groups in total. The predicted molar refractivity (Wildman–Crippen MR) is 96.9 cm³/mol. The van der Waals surface area contributed by atoms with Crippen molar-refractivity contribution in [2.24, 2.45) is 5.92 Å². The summed E-state index contributed by atoms with van der Waals surface area (Å²) in [6, 6.07) is 10.9. The fraction of sp³-hybridized carbons (Fsp3) is 0.316. The molecule has 1 fully saturated rings. The fourth-order valence-corrected chi connectivity index (χ4v) is 3.11. The lowest BCUT2D eigenvalue weighted by molar-refractivity contribution is 0.102. The van der Waals surface area contributed by atoms with Gasteiger partial charge in [-0.1, -0.05) is 24.6 Å². The maximum atomic E-state index is 13.1. The lowest BCUT2D eigenvalue weighted by Gasteiger charge is -2.30. The zero-order valence-electron chi connectivity index (χ0n) is 13.9. The van der Waals surface area contributed by atoms with E-state index in [0.29, 0.717) is 17.4 Å². The molecule has 1 aliphatic heterocycles. The number of carbonyl (C=O) groups excluding carboxylic acids is 1. The molecule has 2 atom stereocenters. The monoisotopic (exact) mass is 362 g/mol. The minimum Gasteiger partial charge on any atom is -0.490 e. The third-order valence-electron chi connectivity index (χ3n) is 4.26. The highest BCUT2D eigenvalue weighted by Crippen LogP contribution is 2.24. The molecule has 4 nitrogen and oxygen atoms in total. The van der Waals surface area contributed by atoms with Crippen molar-refractivity contribution >= 4 is 23.2 Å². The summed E-state index contributed by atoms with van der Waals surface area (Å²) in [6.07, 6.45) is 1.10. The number of benzene rings is 2. The third kappa shape index (κ3) is 4.50. The summed E-state index contributed by atoms with van der Waals surface area (Å²) in [5.41, 5.74) is 0.825. The number of halogens is 2. The number of piperidine rings is 1. The molecule has 2 aromatic rings. The van der Waals surface area contributed by atoms with Crippen molar-refractivity contribution in [2.75, 3.05) is 18.4 Å². The van der Waals surface area contributed by atoms with E-state index in [0.717, 1.165) is 25.6 Å². The molecule has 2 aromatic carbocycles. The molecule has 25 heavy (non-hydrogen) atoms. The van der Waals surface area contributed by atoms with Gasteiger partial charge in [0.05, 0.1) is 10.6 Å². The Labute approximate surface area is 151 Å². The van der Waals surface area contributed by atoms with Crippen molar-refractivity contribution < 1.29 is 13.9 Å². The van der Waals surface area contributed by atoms with E-state index in [1.54, 1.807) is 12.1 Å². The van der Waals surface area contributed by atoms with Crippen LogP contribution in [0.1, 0.15) is 23.7 Å². The molecule has 1 aliphatic rings. The highest BCUT2D eigenvalue weighted by Gasteiger charge is 2.22. The number of rotatable bonds is 4. The summed E-state index contributed by atoms with van der Waals surface area (Å²) in [7, 11) is 0. The Balaban J connectivity index is 1.69. The van der Waals surface area contributed by atoms with Crippen LogP contribution in [0.15, 0.2) is 42.5 Å². The second-order valence-electron chi connectivity index (χ2n) is 6.23. The number of nitrogens with one attached hydrogen (secondary N) is 2. The van der Waals surface area contributed by atoms with Gasteiger partial charge in [0.25, 0.3) is 5.91 Å². The van der Waals surface area contributed by atoms with E-state index in [4.69, 9.17) is 16.3 Å². The summed E-state index contributed by atoms with van der Waals surface area (Å²) >= 11 is 5.94. The standard InChI is InChI=1S/C19H20ClFN2O2/c1-12-11-22-8-7-18(12)25-15-4-2-3-14(10-15)23-19(24)16-6-5-13(21)9-17(16)20/h2-6,9-10,12,18,22H,7-8,11H2,1H3,(H,23,24)/t12-,18?/m1/s1. The number of ether oxygens (including phenoxy) is 1. The molecule has 132 valence electrons. The van der Waals surface area contributed by atoms with Crippen LogP contribution in [-0.2, 0) is 0 Å². The van der Waals surface area contributed by atoms with E-state index >= 15 is 0 Å². The van der Waals surface area contributed by atoms with Gasteiger partial charge >= 0.3 is 0 Å². The van der Waals surface area contributed by atoms with E-state index in [1.807, 2.05) is 12.1 Å². The van der Waals surface area contributed by atoms with Crippen LogP contribution in [0.5, 0.6) is 5.75 Å². The van der Waals surface area contributed by atoms with E-state index in [-0.39, 0.29) is 16.7 Å². The van der Waals surface area contributed by atoms with Crippen molar-refractivity contribution in [3.8, 4) is 5.75 Å². The Hall–Kier alpha value is -2.11. The molecular formula is C19H20ClFN2O2. The smallest absolute Gasteiger partial charge is 0.257 e. The summed E-state index contributed by atoms with van der Waals surface area (Å²) in [6.45, 7) is 4.03. The van der Waals surface area contributed by atoms with Gasteiger partial charge in [0.15, 0.2) is 0 Å². The number of anilines is 1. The van der Waals surface area contributed by atoms with Crippen LogP contribution in [0, 0.1) is 11.7 Å². The van der Waals surface area contributed by atoms with Crippen molar-refractivity contribution in [3.63, 3.8) is 0 Å². The Bertz CT molecular complexity index is 769. The maximum Gasteiger partial charge on any atom is 0.257 e. The predicted octanol–water partition coefficient (Wildman–Crippen LogP) is 4.11. The Morgan fingerprint density at radius 3 is 2.92 bits per heavy atom. The molecular weight excluding hydrogens is 343 g/mol. The number of hydrogen-bond acceptors (Lipinski definition) is 3. The summed E-state index contributed by atoms with van der Waals surface area (Å²) in [4.78, 5) is 12.3. The van der Waals surface area contributed by atoms with Crippen LogP contribution >= 0.6 is 11.6 Å². The van der Waals surface area contributed by atoms with Crippen molar-refractivity contribution in [3.05, 3.63) is 58.9 Å². The highest BCUT2D eigenvalue weighted by atomic mass is 35.5. The van der Waals surface area contributed by atoms with E-state index < -0.39 is 11.7 Å². The van der Waals surface area contributed by atoms with Crippen molar-refractivity contribution in [2.45, 2.75) is 19.4 Å². The first-order valence-corrected chi connectivity index (χ1v) is 8.64. The van der Waals surface area contributed by atoms with Gasteiger partial charge in [-0.15, -0.1) is 0 Å². The first-order chi connectivity index (χ1) is 12.0. The summed E-state index contributed by atoms with van der Waals surface area (Å²) < 4.78 is 19.2. The Morgan fingerprint density at radius 1 is 1.32 bits per heavy atom. The quantitative estimate of drug-likeness (QED) is 0.860. The van der Waals surface area contributed by atoms with Gasteiger partial charge in [-0.05, 0) is 43.3 Å². The average Bonchev–Trinajstić information content (AvgIpc) is 2.57. The largest absolute Gasteiger partial charge is 0.490 e. The molecule has 6 heteroatoms. The average molecular weight is 363 g/mol. The lowest BCUT2D eigenvalue weighted by atomic mass is 9.98. The van der Waals surface area contributed by atoms with Crippen LogP contribution in [0.4, 0.5) is 10.1 Å². The van der Waals surface area contributed by atoms with Gasteiger partial charge in [-0.3, -0.25) is 4.79 Å². The molecule has 0 aromatic heterocycles. The minimum absolute atomic E-state index is 0.0773. The van der Waals surface area contributed by atoms with Gasteiger partial charge in [0.2, 0.25) is 0 Å². The van der Waals surface area contributed by atoms with Crippen molar-refractivity contribution in [1.82, 2.24) is 5.32 Å². The summed E-state index contributed by atoms with van der Waals surface area (Å²) in [5, 5.41) is 6.19. The Morgan fingerprint density at radius 2 is 2.16 bits per heavy atom. The van der Waals surface area contributed by atoms with Gasteiger partial charge in [-0.25, -0.2) is 4.39 Å². The topological polar surface area (TPSA) is 50.4 Å². The molecule has 1 unspecified atom stereocenters. The van der Waals surface area contributed by atoms with Crippen LogP contribution in [0.25, 0.3) is 0 Å². The third-order valence-corrected chi connectivity index (χ3v) is 4.57. The number of carbonyl (C=O) groups is 1. The number of hydrogen-bond donors (Lipinski definition) is 2. The molecule has 0 bridgehead atoms. The second kappa shape index (κ2) is 7.85. The normalized spacial score (nSPS) is 20.1. The first kappa shape index (κ1) is 17.7. The highest BCUT2D eigenvalue weighted by molar-refractivity contribution is 6.34. The fourth-order valence-electron chi connectivity index (χ4n) is 2.86. The summed E-state index contributed by atoms with van der Waals surface area (Å²) in [5.74, 6) is 0.261. The molecule has 0 saturated carbocycles. The van der Waals surface area contributed by atoms with E-state index in [1.165, 1.54) is 12.1 Å². The van der Waals surface area contributed by atoms with Gasteiger partial charge in [-0.2, -0.15) is 0 Å². The molecule has 0 aliphatic carbocycles. The second-order valence-corrected chi connectivity index (χ2v) is 6.64. The van der Waals surface area contributed by atoms with Gasteiger partial charge in [0.1, 0.15) is 17.7 Å². The van der Waals surface area contributed by atoms with Crippen LogP contribution in [0.2, 0.25) is 5.02 Å².